The lowest BCUT2D eigenvalue weighted by molar-refractivity contribution is 0.0521. The molecule has 0 bridgehead atoms. The first-order chi connectivity index (χ1) is 12.2. The fraction of sp³-hybridized carbons (Fsp3) is 0.150. The molecule has 1 heterocycles. The van der Waals surface area contributed by atoms with Crippen LogP contribution >= 0.6 is 11.8 Å². The Morgan fingerprint density at radius 3 is 2.64 bits per heavy atom. The van der Waals surface area contributed by atoms with E-state index in [1.807, 2.05) is 55.5 Å². The van der Waals surface area contributed by atoms with Gasteiger partial charge in [-0.25, -0.2) is 14.8 Å². The average molecular weight is 350 g/mol. The second-order valence-electron chi connectivity index (χ2n) is 5.42. The zero-order valence-electron chi connectivity index (χ0n) is 14.1. The largest absolute Gasteiger partial charge is 0.462 e. The van der Waals surface area contributed by atoms with Crippen LogP contribution < -0.4 is 0 Å². The van der Waals surface area contributed by atoms with Crippen molar-refractivity contribution in [2.75, 3.05) is 6.61 Å². The quantitative estimate of drug-likeness (QED) is 0.489. The molecule has 1 aromatic heterocycles. The van der Waals surface area contributed by atoms with E-state index in [-0.39, 0.29) is 0 Å². The third-order valence-electron chi connectivity index (χ3n) is 3.49. The Hall–Kier alpha value is -2.66. The molecule has 3 rings (SSSR count). The van der Waals surface area contributed by atoms with Gasteiger partial charge in [-0.1, -0.05) is 59.8 Å². The van der Waals surface area contributed by atoms with Gasteiger partial charge in [0.25, 0.3) is 0 Å². The number of esters is 1. The van der Waals surface area contributed by atoms with Crippen LogP contribution in [0.3, 0.4) is 0 Å². The number of aromatic nitrogens is 2. The van der Waals surface area contributed by atoms with Gasteiger partial charge in [0.05, 0.1) is 6.61 Å². The van der Waals surface area contributed by atoms with E-state index in [1.54, 1.807) is 13.1 Å². The van der Waals surface area contributed by atoms with E-state index in [4.69, 9.17) is 4.74 Å². The van der Waals surface area contributed by atoms with Crippen molar-refractivity contribution < 1.29 is 9.53 Å². The molecule has 0 saturated heterocycles. The molecule has 25 heavy (non-hydrogen) atoms. The van der Waals surface area contributed by atoms with Gasteiger partial charge in [-0.15, -0.1) is 0 Å². The van der Waals surface area contributed by atoms with E-state index >= 15 is 0 Å². The van der Waals surface area contributed by atoms with Crippen molar-refractivity contribution in [1.29, 1.82) is 0 Å². The minimum atomic E-state index is -0.405. The van der Waals surface area contributed by atoms with E-state index in [1.165, 1.54) is 11.8 Å². The summed E-state index contributed by atoms with van der Waals surface area (Å²) in [7, 11) is 0. The Morgan fingerprint density at radius 2 is 1.92 bits per heavy atom. The fourth-order valence-corrected chi connectivity index (χ4v) is 3.30. The predicted octanol–water partition coefficient (Wildman–Crippen LogP) is 4.78. The van der Waals surface area contributed by atoms with Gasteiger partial charge in [0.1, 0.15) is 10.6 Å². The molecule has 0 radical (unpaired) electrons. The first-order valence-electron chi connectivity index (χ1n) is 8.01. The summed E-state index contributed by atoms with van der Waals surface area (Å²) in [6, 6.07) is 17.8. The van der Waals surface area contributed by atoms with Crippen LogP contribution in [0.4, 0.5) is 0 Å². The molecule has 0 aliphatic carbocycles. The monoisotopic (exact) mass is 350 g/mol. The molecule has 0 aliphatic heterocycles. The Balaban J connectivity index is 2.02. The minimum Gasteiger partial charge on any atom is -0.462 e. The van der Waals surface area contributed by atoms with Crippen LogP contribution in [0.1, 0.15) is 22.8 Å². The molecular weight excluding hydrogens is 332 g/mol. The van der Waals surface area contributed by atoms with Crippen molar-refractivity contribution in [3.05, 3.63) is 71.9 Å². The number of hydrogen-bond acceptors (Lipinski definition) is 5. The van der Waals surface area contributed by atoms with E-state index in [0.717, 1.165) is 16.0 Å². The third-order valence-corrected chi connectivity index (χ3v) is 4.48. The van der Waals surface area contributed by atoms with Gasteiger partial charge < -0.3 is 4.74 Å². The fourth-order valence-electron chi connectivity index (χ4n) is 2.31. The van der Waals surface area contributed by atoms with E-state index in [2.05, 4.69) is 16.0 Å². The van der Waals surface area contributed by atoms with Gasteiger partial charge >= 0.3 is 5.97 Å². The number of ether oxygens (including phenoxy) is 1. The molecule has 3 aromatic rings. The molecule has 2 aromatic carbocycles. The second-order valence-corrected chi connectivity index (χ2v) is 6.48. The Kier molecular flexibility index (Phi) is 5.46. The second kappa shape index (κ2) is 7.94. The zero-order valence-corrected chi connectivity index (χ0v) is 14.9. The first kappa shape index (κ1) is 17.2. The number of rotatable bonds is 5. The van der Waals surface area contributed by atoms with Crippen molar-refractivity contribution in [2.45, 2.75) is 23.8 Å². The third kappa shape index (κ3) is 4.25. The summed E-state index contributed by atoms with van der Waals surface area (Å²) in [5, 5.41) is 0.595. The molecule has 126 valence electrons. The highest BCUT2D eigenvalue weighted by atomic mass is 32.2. The number of carbonyl (C=O) groups excluding carboxylic acids is 1. The van der Waals surface area contributed by atoms with Gasteiger partial charge in [-0.3, -0.25) is 0 Å². The molecule has 0 N–H and O–H groups in total. The van der Waals surface area contributed by atoms with Crippen LogP contribution in [0.25, 0.3) is 11.4 Å². The lowest BCUT2D eigenvalue weighted by Gasteiger charge is -2.10. The maximum atomic E-state index is 12.3. The zero-order chi connectivity index (χ0) is 17.6. The molecule has 0 unspecified atom stereocenters. The van der Waals surface area contributed by atoms with Crippen LogP contribution in [0.2, 0.25) is 0 Å². The van der Waals surface area contributed by atoms with Crippen molar-refractivity contribution in [2.24, 2.45) is 0 Å². The first-order valence-corrected chi connectivity index (χ1v) is 8.83. The van der Waals surface area contributed by atoms with Gasteiger partial charge in [0.2, 0.25) is 0 Å². The molecule has 0 fully saturated rings. The maximum absolute atomic E-state index is 12.3. The summed E-state index contributed by atoms with van der Waals surface area (Å²) in [6.07, 6.45) is 1.55. The van der Waals surface area contributed by atoms with Crippen molar-refractivity contribution in [3.63, 3.8) is 0 Å². The molecular formula is C20H18N2O2S. The number of nitrogens with zero attached hydrogens (tertiary/aromatic N) is 2. The van der Waals surface area contributed by atoms with Gasteiger partial charge in [-0.2, -0.15) is 0 Å². The van der Waals surface area contributed by atoms with Crippen LogP contribution in [-0.2, 0) is 4.74 Å². The summed E-state index contributed by atoms with van der Waals surface area (Å²) in [6.45, 7) is 4.13. The van der Waals surface area contributed by atoms with Crippen LogP contribution in [0, 0.1) is 6.92 Å². The van der Waals surface area contributed by atoms with Crippen molar-refractivity contribution in [3.8, 4) is 11.4 Å². The van der Waals surface area contributed by atoms with Crippen molar-refractivity contribution >= 4 is 17.7 Å². The minimum absolute atomic E-state index is 0.313. The van der Waals surface area contributed by atoms with Crippen LogP contribution in [0.5, 0.6) is 0 Å². The topological polar surface area (TPSA) is 52.1 Å². The molecule has 0 atom stereocenters. The SMILES string of the molecule is CCOC(=O)c1cnc(-c2ccccc2)nc1Sc1cccc(C)c1. The molecule has 0 aliphatic rings. The predicted molar refractivity (Wildman–Crippen MR) is 98.7 cm³/mol. The summed E-state index contributed by atoms with van der Waals surface area (Å²) in [5.74, 6) is 0.182. The highest BCUT2D eigenvalue weighted by Crippen LogP contribution is 2.31. The lowest BCUT2D eigenvalue weighted by atomic mass is 10.2. The van der Waals surface area contributed by atoms with E-state index < -0.39 is 5.97 Å². The number of carbonyl (C=O) groups is 1. The number of aryl methyl sites for hydroxylation is 1. The average Bonchev–Trinajstić information content (AvgIpc) is 2.62. The summed E-state index contributed by atoms with van der Waals surface area (Å²) in [5.41, 5.74) is 2.44. The van der Waals surface area contributed by atoms with Gasteiger partial charge in [0.15, 0.2) is 5.82 Å². The summed E-state index contributed by atoms with van der Waals surface area (Å²) >= 11 is 1.44. The highest BCUT2D eigenvalue weighted by molar-refractivity contribution is 7.99. The van der Waals surface area contributed by atoms with Crippen molar-refractivity contribution in [1.82, 2.24) is 9.97 Å². The highest BCUT2D eigenvalue weighted by Gasteiger charge is 2.17. The van der Waals surface area contributed by atoms with E-state index in [9.17, 15) is 4.79 Å². The molecule has 4 nitrogen and oxygen atoms in total. The molecule has 0 spiro atoms. The van der Waals surface area contributed by atoms with Gasteiger partial charge in [-0.05, 0) is 26.0 Å². The number of hydrogen-bond donors (Lipinski definition) is 0. The Morgan fingerprint density at radius 1 is 1.12 bits per heavy atom. The Bertz CT molecular complexity index is 882. The van der Waals surface area contributed by atoms with Crippen LogP contribution in [0.15, 0.2) is 70.7 Å². The normalized spacial score (nSPS) is 10.5. The molecule has 0 amide bonds. The summed E-state index contributed by atoms with van der Waals surface area (Å²) in [4.78, 5) is 22.2. The number of benzene rings is 2. The summed E-state index contributed by atoms with van der Waals surface area (Å²) < 4.78 is 5.14. The van der Waals surface area contributed by atoms with Crippen LogP contribution in [-0.4, -0.2) is 22.5 Å². The molecule has 0 saturated carbocycles. The lowest BCUT2D eigenvalue weighted by Crippen LogP contribution is -2.09. The Labute approximate surface area is 151 Å². The standard InChI is InChI=1S/C20H18N2O2S/c1-3-24-20(23)17-13-21-18(15-9-5-4-6-10-15)22-19(17)25-16-11-7-8-14(2)12-16/h4-13H,3H2,1-2H3. The van der Waals surface area contributed by atoms with Gasteiger partial charge in [0, 0.05) is 16.7 Å². The maximum Gasteiger partial charge on any atom is 0.342 e. The smallest absolute Gasteiger partial charge is 0.342 e. The molecule has 5 heteroatoms. The van der Waals surface area contributed by atoms with E-state index in [0.29, 0.717) is 23.0 Å².